The van der Waals surface area contributed by atoms with E-state index in [9.17, 15) is 0 Å². The second kappa shape index (κ2) is 6.45. The van der Waals surface area contributed by atoms with Crippen LogP contribution in [0.1, 0.15) is 18.7 Å². The zero-order valence-electron chi connectivity index (χ0n) is 12.3. The topological polar surface area (TPSA) is 60.6 Å². The molecule has 22 heavy (non-hydrogen) atoms. The number of rotatable bonds is 4. The number of thiophene rings is 1. The average Bonchev–Trinajstić information content (AvgIpc) is 3.29. The van der Waals surface area contributed by atoms with Crippen molar-refractivity contribution in [3.05, 3.63) is 23.4 Å². The Kier molecular flexibility index (Phi) is 4.20. The molecule has 2 fully saturated rings. The number of ether oxygens (including phenoxy) is 2. The molecule has 0 aromatic carbocycles. The van der Waals surface area contributed by atoms with Crippen molar-refractivity contribution in [3.8, 4) is 10.8 Å². The summed E-state index contributed by atoms with van der Waals surface area (Å²) in [4.78, 5) is 3.37. The van der Waals surface area contributed by atoms with E-state index < -0.39 is 0 Å². The highest BCUT2D eigenvalue weighted by molar-refractivity contribution is 7.13. The van der Waals surface area contributed by atoms with Gasteiger partial charge in [-0.3, -0.25) is 4.90 Å². The van der Waals surface area contributed by atoms with Crippen LogP contribution in [0.25, 0.3) is 10.8 Å². The van der Waals surface area contributed by atoms with Crippen molar-refractivity contribution in [2.75, 3.05) is 26.3 Å². The molecule has 118 valence electrons. The van der Waals surface area contributed by atoms with Gasteiger partial charge in [-0.15, -0.1) is 21.5 Å². The van der Waals surface area contributed by atoms with Crippen LogP contribution in [0.3, 0.4) is 0 Å². The molecule has 7 heteroatoms. The van der Waals surface area contributed by atoms with Crippen LogP contribution in [0.2, 0.25) is 0 Å². The minimum absolute atomic E-state index is 0.0350. The van der Waals surface area contributed by atoms with Gasteiger partial charge in [0.15, 0.2) is 6.29 Å². The number of nitrogens with zero attached hydrogens (tertiary/aromatic N) is 3. The lowest BCUT2D eigenvalue weighted by Gasteiger charge is -2.33. The molecule has 0 N–H and O–H groups in total. The van der Waals surface area contributed by atoms with E-state index in [0.29, 0.717) is 24.2 Å². The Morgan fingerprint density at radius 3 is 3.00 bits per heavy atom. The van der Waals surface area contributed by atoms with Gasteiger partial charge < -0.3 is 13.9 Å². The summed E-state index contributed by atoms with van der Waals surface area (Å²) in [6.45, 7) is 4.15. The van der Waals surface area contributed by atoms with Gasteiger partial charge >= 0.3 is 0 Å². The zero-order chi connectivity index (χ0) is 14.8. The van der Waals surface area contributed by atoms with Gasteiger partial charge in [-0.25, -0.2) is 0 Å². The van der Waals surface area contributed by atoms with Crippen molar-refractivity contribution in [2.24, 2.45) is 5.92 Å². The summed E-state index contributed by atoms with van der Waals surface area (Å²) in [5, 5.41) is 10.3. The van der Waals surface area contributed by atoms with Crippen molar-refractivity contribution < 1.29 is 13.9 Å². The number of aromatic nitrogens is 2. The molecule has 0 radical (unpaired) electrons. The summed E-state index contributed by atoms with van der Waals surface area (Å²) in [6.07, 6.45) is 2.28. The van der Waals surface area contributed by atoms with Crippen LogP contribution in [0.15, 0.2) is 21.9 Å². The normalized spacial score (nSPS) is 24.1. The molecule has 0 saturated carbocycles. The van der Waals surface area contributed by atoms with Gasteiger partial charge in [-0.2, -0.15) is 0 Å². The Morgan fingerprint density at radius 1 is 1.27 bits per heavy atom. The Morgan fingerprint density at radius 2 is 2.18 bits per heavy atom. The van der Waals surface area contributed by atoms with Gasteiger partial charge in [0.25, 0.3) is 5.89 Å². The maximum absolute atomic E-state index is 5.78. The first kappa shape index (κ1) is 14.3. The Labute approximate surface area is 133 Å². The lowest BCUT2D eigenvalue weighted by atomic mass is 9.97. The Balaban J connectivity index is 1.38. The lowest BCUT2D eigenvalue weighted by Crippen LogP contribution is -2.40. The number of likely N-dealkylation sites (tertiary alicyclic amines) is 1. The first-order valence-corrected chi connectivity index (χ1v) is 8.58. The maximum atomic E-state index is 5.78. The molecule has 4 rings (SSSR count). The largest absolute Gasteiger partial charge is 0.419 e. The van der Waals surface area contributed by atoms with E-state index in [-0.39, 0.29) is 6.29 Å². The number of hydrogen-bond donors (Lipinski definition) is 0. The van der Waals surface area contributed by atoms with Gasteiger partial charge in [0, 0.05) is 12.5 Å². The van der Waals surface area contributed by atoms with E-state index in [1.54, 1.807) is 11.3 Å². The monoisotopic (exact) mass is 321 g/mol. The molecular weight excluding hydrogens is 302 g/mol. The van der Waals surface area contributed by atoms with E-state index in [1.165, 1.54) is 0 Å². The summed E-state index contributed by atoms with van der Waals surface area (Å²) in [5.74, 6) is 1.73. The van der Waals surface area contributed by atoms with Gasteiger partial charge in [-0.1, -0.05) is 6.07 Å². The molecule has 0 amide bonds. The fourth-order valence-corrected chi connectivity index (χ4v) is 3.76. The third kappa shape index (κ3) is 3.08. The van der Waals surface area contributed by atoms with Gasteiger partial charge in [0.05, 0.1) is 24.6 Å². The molecule has 2 aromatic rings. The molecule has 1 atom stereocenters. The highest BCUT2D eigenvalue weighted by Gasteiger charge is 2.31. The predicted octanol–water partition coefficient (Wildman–Crippen LogP) is 2.38. The van der Waals surface area contributed by atoms with Gasteiger partial charge in [0.1, 0.15) is 0 Å². The van der Waals surface area contributed by atoms with Crippen LogP contribution in [0, 0.1) is 5.92 Å². The predicted molar refractivity (Wildman–Crippen MR) is 81.3 cm³/mol. The average molecular weight is 321 g/mol. The maximum Gasteiger partial charge on any atom is 0.257 e. The van der Waals surface area contributed by atoms with E-state index in [2.05, 4.69) is 15.1 Å². The third-order valence-electron chi connectivity index (χ3n) is 4.13. The zero-order valence-corrected chi connectivity index (χ0v) is 13.1. The van der Waals surface area contributed by atoms with Crippen molar-refractivity contribution in [2.45, 2.75) is 25.7 Å². The van der Waals surface area contributed by atoms with Crippen LogP contribution in [0.4, 0.5) is 0 Å². The third-order valence-corrected chi connectivity index (χ3v) is 4.99. The van der Waals surface area contributed by atoms with E-state index in [1.807, 2.05) is 17.5 Å². The smallest absolute Gasteiger partial charge is 0.257 e. The molecule has 4 heterocycles. The van der Waals surface area contributed by atoms with Crippen molar-refractivity contribution in [3.63, 3.8) is 0 Å². The molecule has 2 aliphatic rings. The summed E-state index contributed by atoms with van der Waals surface area (Å²) in [5.41, 5.74) is 0. The van der Waals surface area contributed by atoms with Crippen LogP contribution >= 0.6 is 11.3 Å². The number of hydrogen-bond acceptors (Lipinski definition) is 7. The van der Waals surface area contributed by atoms with E-state index in [4.69, 9.17) is 13.9 Å². The highest BCUT2D eigenvalue weighted by atomic mass is 32.1. The standard InChI is InChI=1S/C15H19N3O3S/c1-3-11(15-19-6-7-20-15)9-18(5-1)10-13-16-17-14(21-13)12-4-2-8-22-12/h2,4,8,11,15H,1,3,5-7,9-10H2/t11-/m1/s1. The quantitative estimate of drug-likeness (QED) is 0.862. The Bertz CT molecular complexity index is 595. The molecule has 0 aliphatic carbocycles. The SMILES string of the molecule is c1csc(-c2nnc(CN3CCC[C@@H](C4OCCO4)C3)o2)c1. The second-order valence-electron chi connectivity index (χ2n) is 5.73. The van der Waals surface area contributed by atoms with Crippen LogP contribution in [-0.2, 0) is 16.0 Å². The molecule has 2 aromatic heterocycles. The van der Waals surface area contributed by atoms with Crippen LogP contribution in [0.5, 0.6) is 0 Å². The minimum Gasteiger partial charge on any atom is -0.419 e. The first-order chi connectivity index (χ1) is 10.9. The van der Waals surface area contributed by atoms with E-state index >= 15 is 0 Å². The summed E-state index contributed by atoms with van der Waals surface area (Å²) in [7, 11) is 0. The van der Waals surface area contributed by atoms with Crippen molar-refractivity contribution >= 4 is 11.3 Å². The van der Waals surface area contributed by atoms with Crippen molar-refractivity contribution in [1.82, 2.24) is 15.1 Å². The summed E-state index contributed by atoms with van der Waals surface area (Å²) in [6, 6.07) is 3.98. The van der Waals surface area contributed by atoms with E-state index in [0.717, 1.165) is 44.0 Å². The molecule has 0 spiro atoms. The molecule has 2 aliphatic heterocycles. The summed E-state index contributed by atoms with van der Waals surface area (Å²) >= 11 is 1.61. The van der Waals surface area contributed by atoms with Crippen LogP contribution in [-0.4, -0.2) is 47.7 Å². The molecule has 6 nitrogen and oxygen atoms in total. The molecule has 2 saturated heterocycles. The first-order valence-electron chi connectivity index (χ1n) is 7.70. The number of piperidine rings is 1. The van der Waals surface area contributed by atoms with Crippen molar-refractivity contribution in [1.29, 1.82) is 0 Å². The van der Waals surface area contributed by atoms with Crippen LogP contribution < -0.4 is 0 Å². The second-order valence-corrected chi connectivity index (χ2v) is 6.67. The molecule has 0 bridgehead atoms. The lowest BCUT2D eigenvalue weighted by molar-refractivity contribution is -0.101. The van der Waals surface area contributed by atoms with Gasteiger partial charge in [-0.05, 0) is 30.8 Å². The minimum atomic E-state index is -0.0350. The Hall–Kier alpha value is -1.28. The molecular formula is C15H19N3O3S. The fraction of sp³-hybridized carbons (Fsp3) is 0.600. The summed E-state index contributed by atoms with van der Waals surface area (Å²) < 4.78 is 17.1. The molecule has 0 unspecified atom stereocenters. The fourth-order valence-electron chi connectivity index (χ4n) is 3.11. The highest BCUT2D eigenvalue weighted by Crippen LogP contribution is 2.27. The van der Waals surface area contributed by atoms with Gasteiger partial charge in [0.2, 0.25) is 5.89 Å².